The predicted molar refractivity (Wildman–Crippen MR) is 52.4 cm³/mol. The first-order valence-corrected chi connectivity index (χ1v) is 4.05. The average molecular weight is 162 g/mol. The Bertz CT molecular complexity index is 287. The molecule has 1 aromatic rings. The van der Waals surface area contributed by atoms with Crippen molar-refractivity contribution in [2.45, 2.75) is 13.8 Å². The number of hydrogen-bond donors (Lipinski definition) is 0. The maximum atomic E-state index is 5.20. The molecule has 0 radical (unpaired) electrons. The quantitative estimate of drug-likeness (QED) is 0.649. The summed E-state index contributed by atoms with van der Waals surface area (Å²) in [5.41, 5.74) is 2.35. The van der Waals surface area contributed by atoms with Crippen LogP contribution in [0.15, 0.2) is 24.3 Å². The Morgan fingerprint density at radius 2 is 2.08 bits per heavy atom. The van der Waals surface area contributed by atoms with Gasteiger partial charge in [0.25, 0.3) is 0 Å². The molecule has 0 spiro atoms. The van der Waals surface area contributed by atoms with E-state index in [1.165, 1.54) is 11.1 Å². The first kappa shape index (κ1) is 8.85. The fourth-order valence-electron chi connectivity index (χ4n) is 1.13. The molecule has 0 N–H and O–H groups in total. The van der Waals surface area contributed by atoms with Crippen LogP contribution in [0, 0.1) is 6.92 Å². The Hall–Kier alpha value is -1.24. The molecule has 1 nitrogen and oxygen atoms in total. The van der Waals surface area contributed by atoms with Crippen molar-refractivity contribution in [2.24, 2.45) is 0 Å². The Labute approximate surface area is 73.7 Å². The largest absolute Gasteiger partial charge is 0.496 e. The van der Waals surface area contributed by atoms with Crippen molar-refractivity contribution in [1.29, 1.82) is 0 Å². The summed E-state index contributed by atoms with van der Waals surface area (Å²) in [5.74, 6) is 0.950. The van der Waals surface area contributed by atoms with Crippen LogP contribution in [0.1, 0.15) is 18.1 Å². The van der Waals surface area contributed by atoms with Crippen molar-refractivity contribution >= 4 is 6.08 Å². The van der Waals surface area contributed by atoms with Crippen molar-refractivity contribution in [3.8, 4) is 5.75 Å². The van der Waals surface area contributed by atoms with Gasteiger partial charge in [-0.25, -0.2) is 0 Å². The molecule has 0 unspecified atom stereocenters. The van der Waals surface area contributed by atoms with E-state index >= 15 is 0 Å². The van der Waals surface area contributed by atoms with Gasteiger partial charge < -0.3 is 4.74 Å². The van der Waals surface area contributed by atoms with Gasteiger partial charge in [-0.1, -0.05) is 24.3 Å². The van der Waals surface area contributed by atoms with Gasteiger partial charge in [0.05, 0.1) is 7.11 Å². The zero-order valence-corrected chi connectivity index (χ0v) is 7.79. The number of benzene rings is 1. The van der Waals surface area contributed by atoms with Crippen molar-refractivity contribution < 1.29 is 4.74 Å². The summed E-state index contributed by atoms with van der Waals surface area (Å²) < 4.78 is 5.20. The Morgan fingerprint density at radius 1 is 1.33 bits per heavy atom. The van der Waals surface area contributed by atoms with Gasteiger partial charge in [-0.3, -0.25) is 0 Å². The summed E-state index contributed by atoms with van der Waals surface area (Å²) in [6.07, 6.45) is 4.08. The van der Waals surface area contributed by atoms with Gasteiger partial charge >= 0.3 is 0 Å². The molecule has 1 aromatic carbocycles. The summed E-state index contributed by atoms with van der Waals surface area (Å²) in [4.78, 5) is 0. The van der Waals surface area contributed by atoms with E-state index in [0.717, 1.165) is 5.75 Å². The number of methoxy groups -OCH3 is 1. The number of hydrogen-bond acceptors (Lipinski definition) is 1. The Kier molecular flexibility index (Phi) is 2.92. The van der Waals surface area contributed by atoms with Crippen molar-refractivity contribution in [3.63, 3.8) is 0 Å². The standard InChI is InChI=1S/C11H14O/c1-4-5-10-7-6-9(2)11(8-10)12-3/h4-8H,1-3H3/b5-4+. The maximum absolute atomic E-state index is 5.20. The van der Waals surface area contributed by atoms with Crippen LogP contribution in [0.2, 0.25) is 0 Å². The zero-order valence-electron chi connectivity index (χ0n) is 7.79. The Morgan fingerprint density at radius 3 is 2.67 bits per heavy atom. The van der Waals surface area contributed by atoms with Gasteiger partial charge in [-0.2, -0.15) is 0 Å². The monoisotopic (exact) mass is 162 g/mol. The molecule has 1 heteroatoms. The second-order valence-corrected chi connectivity index (χ2v) is 2.73. The highest BCUT2D eigenvalue weighted by molar-refractivity contribution is 5.53. The maximum Gasteiger partial charge on any atom is 0.122 e. The molecule has 0 aliphatic carbocycles. The first-order chi connectivity index (χ1) is 5.77. The molecule has 1 rings (SSSR count). The fraction of sp³-hybridized carbons (Fsp3) is 0.273. The van der Waals surface area contributed by atoms with Gasteiger partial charge in [0.2, 0.25) is 0 Å². The van der Waals surface area contributed by atoms with Crippen molar-refractivity contribution in [3.05, 3.63) is 35.4 Å². The zero-order chi connectivity index (χ0) is 8.97. The van der Waals surface area contributed by atoms with Gasteiger partial charge in [-0.15, -0.1) is 0 Å². The van der Waals surface area contributed by atoms with Gasteiger partial charge in [0, 0.05) is 0 Å². The van der Waals surface area contributed by atoms with Crippen LogP contribution in [0.3, 0.4) is 0 Å². The molecule has 0 aliphatic heterocycles. The third-order valence-corrected chi connectivity index (χ3v) is 1.79. The SMILES string of the molecule is C/C=C/c1ccc(C)c(OC)c1. The number of aryl methyl sites for hydroxylation is 1. The van der Waals surface area contributed by atoms with Crippen LogP contribution in [-0.4, -0.2) is 7.11 Å². The van der Waals surface area contributed by atoms with Gasteiger partial charge in [0.1, 0.15) is 5.75 Å². The minimum absolute atomic E-state index is 0.950. The molecule has 0 heterocycles. The van der Waals surface area contributed by atoms with E-state index in [4.69, 9.17) is 4.74 Å². The third kappa shape index (κ3) is 1.88. The lowest BCUT2D eigenvalue weighted by atomic mass is 10.1. The number of allylic oxidation sites excluding steroid dienone is 1. The molecule has 12 heavy (non-hydrogen) atoms. The molecule has 0 fully saturated rings. The van der Waals surface area contributed by atoms with E-state index in [0.29, 0.717) is 0 Å². The Balaban J connectivity index is 3.05. The second-order valence-electron chi connectivity index (χ2n) is 2.73. The molecule has 64 valence electrons. The lowest BCUT2D eigenvalue weighted by Crippen LogP contribution is -1.86. The summed E-state index contributed by atoms with van der Waals surface area (Å²) in [7, 11) is 1.70. The molecule has 0 bridgehead atoms. The molecule has 0 saturated carbocycles. The van der Waals surface area contributed by atoms with Crippen LogP contribution in [0.25, 0.3) is 6.08 Å². The fourth-order valence-corrected chi connectivity index (χ4v) is 1.13. The number of rotatable bonds is 2. The molecule has 0 amide bonds. The second kappa shape index (κ2) is 3.96. The van der Waals surface area contributed by atoms with E-state index < -0.39 is 0 Å². The summed E-state index contributed by atoms with van der Waals surface area (Å²) >= 11 is 0. The molecular weight excluding hydrogens is 148 g/mol. The summed E-state index contributed by atoms with van der Waals surface area (Å²) in [5, 5.41) is 0. The van der Waals surface area contributed by atoms with Crippen LogP contribution >= 0.6 is 0 Å². The number of ether oxygens (including phenoxy) is 1. The van der Waals surface area contributed by atoms with E-state index in [-0.39, 0.29) is 0 Å². The van der Waals surface area contributed by atoms with Crippen LogP contribution in [-0.2, 0) is 0 Å². The highest BCUT2D eigenvalue weighted by Crippen LogP contribution is 2.19. The van der Waals surface area contributed by atoms with Crippen LogP contribution in [0.5, 0.6) is 5.75 Å². The van der Waals surface area contributed by atoms with Gasteiger partial charge in [-0.05, 0) is 31.0 Å². The lowest BCUT2D eigenvalue weighted by molar-refractivity contribution is 0.411. The summed E-state index contributed by atoms with van der Waals surface area (Å²) in [6.45, 7) is 4.05. The van der Waals surface area contributed by atoms with E-state index in [9.17, 15) is 0 Å². The first-order valence-electron chi connectivity index (χ1n) is 4.05. The summed E-state index contributed by atoms with van der Waals surface area (Å²) in [6, 6.07) is 6.18. The lowest BCUT2D eigenvalue weighted by Gasteiger charge is -2.04. The molecule has 0 aromatic heterocycles. The van der Waals surface area contributed by atoms with Crippen LogP contribution in [0.4, 0.5) is 0 Å². The van der Waals surface area contributed by atoms with Gasteiger partial charge in [0.15, 0.2) is 0 Å². The smallest absolute Gasteiger partial charge is 0.122 e. The van der Waals surface area contributed by atoms with E-state index in [1.54, 1.807) is 7.11 Å². The molecular formula is C11H14O. The van der Waals surface area contributed by atoms with Crippen molar-refractivity contribution in [1.82, 2.24) is 0 Å². The minimum Gasteiger partial charge on any atom is -0.496 e. The van der Waals surface area contributed by atoms with E-state index in [1.807, 2.05) is 26.0 Å². The topological polar surface area (TPSA) is 9.23 Å². The van der Waals surface area contributed by atoms with Crippen LogP contribution < -0.4 is 4.74 Å². The average Bonchev–Trinajstić information content (AvgIpc) is 2.09. The predicted octanol–water partition coefficient (Wildman–Crippen LogP) is 3.04. The highest BCUT2D eigenvalue weighted by atomic mass is 16.5. The molecule has 0 aliphatic rings. The third-order valence-electron chi connectivity index (χ3n) is 1.79. The van der Waals surface area contributed by atoms with E-state index in [2.05, 4.69) is 18.2 Å². The normalized spacial score (nSPS) is 10.6. The molecule has 0 saturated heterocycles. The highest BCUT2D eigenvalue weighted by Gasteiger charge is 1.96. The van der Waals surface area contributed by atoms with Crippen molar-refractivity contribution in [2.75, 3.05) is 7.11 Å². The minimum atomic E-state index is 0.950. The molecule has 0 atom stereocenters.